The van der Waals surface area contributed by atoms with Gasteiger partial charge in [0.2, 0.25) is 10.0 Å². The van der Waals surface area contributed by atoms with E-state index >= 15 is 0 Å². The molecule has 1 unspecified atom stereocenters. The third kappa shape index (κ3) is 6.20. The summed E-state index contributed by atoms with van der Waals surface area (Å²) < 4.78 is 28.5. The second-order valence-electron chi connectivity index (χ2n) is 6.67. The van der Waals surface area contributed by atoms with Crippen LogP contribution < -0.4 is 10.6 Å². The van der Waals surface area contributed by atoms with Crippen molar-refractivity contribution in [1.29, 1.82) is 0 Å². The lowest BCUT2D eigenvalue weighted by Crippen LogP contribution is -2.42. The zero-order valence-electron chi connectivity index (χ0n) is 16.4. The zero-order chi connectivity index (χ0) is 19.3. The molecule has 2 aliphatic heterocycles. The van der Waals surface area contributed by atoms with Crippen molar-refractivity contribution in [3.05, 3.63) is 11.6 Å². The van der Waals surface area contributed by atoms with Crippen LogP contribution >= 0.6 is 35.7 Å². The average molecular weight is 544 g/mol. The molecule has 28 heavy (non-hydrogen) atoms. The van der Waals surface area contributed by atoms with Crippen LogP contribution in [0.25, 0.3) is 0 Å². The molecule has 12 heteroatoms. The number of sulfonamides is 1. The summed E-state index contributed by atoms with van der Waals surface area (Å²) in [5, 5.41) is 11.0. The first-order chi connectivity index (χ1) is 13.0. The van der Waals surface area contributed by atoms with Crippen molar-refractivity contribution in [2.45, 2.75) is 39.3 Å². The smallest absolute Gasteiger partial charge is 0.215 e. The third-order valence-corrected chi connectivity index (χ3v) is 7.41. The highest BCUT2D eigenvalue weighted by Gasteiger charge is 2.25. The predicted octanol–water partition coefficient (Wildman–Crippen LogP) is 0.973. The van der Waals surface area contributed by atoms with Crippen molar-refractivity contribution in [1.82, 2.24) is 29.7 Å². The fourth-order valence-electron chi connectivity index (χ4n) is 3.32. The minimum Gasteiger partial charge on any atom is -0.357 e. The Morgan fingerprint density at radius 2 is 2.07 bits per heavy atom. The summed E-state index contributed by atoms with van der Waals surface area (Å²) >= 11 is 1.80. The molecular formula is C16H30IN7O2S2. The van der Waals surface area contributed by atoms with Gasteiger partial charge >= 0.3 is 0 Å². The topological polar surface area (TPSA) is 105 Å². The van der Waals surface area contributed by atoms with Crippen molar-refractivity contribution in [3.63, 3.8) is 0 Å². The number of aliphatic imine (C=N–C) groups is 1. The number of aromatic nitrogens is 3. The molecule has 0 amide bonds. The van der Waals surface area contributed by atoms with Crippen LogP contribution in [-0.2, 0) is 16.6 Å². The molecule has 1 aromatic heterocycles. The molecule has 1 saturated heterocycles. The Morgan fingerprint density at radius 3 is 2.79 bits per heavy atom. The highest BCUT2D eigenvalue weighted by Crippen LogP contribution is 2.22. The molecule has 0 radical (unpaired) electrons. The fraction of sp³-hybridized carbons (Fsp3) is 0.812. The van der Waals surface area contributed by atoms with Crippen LogP contribution in [0.5, 0.6) is 0 Å². The van der Waals surface area contributed by atoms with Gasteiger partial charge < -0.3 is 10.6 Å². The Bertz CT molecular complexity index is 763. The average Bonchev–Trinajstić information content (AvgIpc) is 3.04. The summed E-state index contributed by atoms with van der Waals surface area (Å²) in [6.07, 6.45) is 1.97. The van der Waals surface area contributed by atoms with Gasteiger partial charge in [0.25, 0.3) is 0 Å². The van der Waals surface area contributed by atoms with Crippen molar-refractivity contribution >= 4 is 51.7 Å². The Hall–Kier alpha value is -0.600. The lowest BCUT2D eigenvalue weighted by molar-refractivity contribution is 0.397. The van der Waals surface area contributed by atoms with E-state index < -0.39 is 10.0 Å². The molecule has 0 aliphatic carbocycles. The monoisotopic (exact) mass is 543 g/mol. The third-order valence-electron chi connectivity index (χ3n) is 4.62. The lowest BCUT2D eigenvalue weighted by Gasteiger charge is -2.26. The van der Waals surface area contributed by atoms with E-state index in [1.54, 1.807) is 16.1 Å². The van der Waals surface area contributed by atoms with Crippen LogP contribution in [-0.4, -0.2) is 76.9 Å². The van der Waals surface area contributed by atoms with Gasteiger partial charge in [0.15, 0.2) is 5.96 Å². The number of thioether (sulfide) groups is 1. The van der Waals surface area contributed by atoms with Gasteiger partial charge in [-0.1, -0.05) is 0 Å². The Balaban J connectivity index is 0.00000280. The number of halogens is 1. The van der Waals surface area contributed by atoms with Gasteiger partial charge in [-0.05, 0) is 26.7 Å². The quantitative estimate of drug-likeness (QED) is 0.313. The second kappa shape index (κ2) is 11.0. The molecule has 3 heterocycles. The molecule has 0 spiro atoms. The van der Waals surface area contributed by atoms with E-state index in [2.05, 4.69) is 25.7 Å². The van der Waals surface area contributed by atoms with E-state index in [9.17, 15) is 8.42 Å². The molecule has 3 rings (SSSR count). The molecule has 9 nitrogen and oxygen atoms in total. The first kappa shape index (κ1) is 23.7. The van der Waals surface area contributed by atoms with Crippen molar-refractivity contribution in [3.8, 4) is 0 Å². The molecule has 0 bridgehead atoms. The summed E-state index contributed by atoms with van der Waals surface area (Å²) in [6.45, 7) is 6.92. The maximum absolute atomic E-state index is 12.5. The van der Waals surface area contributed by atoms with E-state index in [1.807, 2.05) is 18.5 Å². The number of nitrogens with zero attached hydrogens (tertiary/aromatic N) is 5. The largest absolute Gasteiger partial charge is 0.357 e. The SMILES string of the molecule is CCNC(=NCCS(=O)(=O)N1CCSCC1)NC1CCCn2nc(C)nc21.I. The number of nitrogens with one attached hydrogen (secondary N) is 2. The van der Waals surface area contributed by atoms with Gasteiger partial charge in [0.1, 0.15) is 11.6 Å². The molecule has 1 fully saturated rings. The van der Waals surface area contributed by atoms with Crippen LogP contribution in [0.2, 0.25) is 0 Å². The first-order valence-electron chi connectivity index (χ1n) is 9.51. The van der Waals surface area contributed by atoms with Crippen molar-refractivity contribution < 1.29 is 8.42 Å². The van der Waals surface area contributed by atoms with E-state index in [4.69, 9.17) is 0 Å². The molecule has 1 aromatic rings. The summed E-state index contributed by atoms with van der Waals surface area (Å²) in [5.74, 6) is 4.09. The maximum Gasteiger partial charge on any atom is 0.215 e. The standard InChI is InChI=1S/C16H29N7O2S2.HI/c1-3-17-16(18-6-12-27(24,25)22-8-10-26-11-9-22)20-14-5-4-7-23-15(14)19-13(2)21-23;/h14H,3-12H2,1-2H3,(H2,17,18,20);1H. The molecule has 0 aromatic carbocycles. The summed E-state index contributed by atoms with van der Waals surface area (Å²) in [7, 11) is -3.24. The van der Waals surface area contributed by atoms with Crippen LogP contribution in [0.1, 0.15) is 37.5 Å². The van der Waals surface area contributed by atoms with Gasteiger partial charge in [0.05, 0.1) is 18.3 Å². The highest BCUT2D eigenvalue weighted by atomic mass is 127. The summed E-state index contributed by atoms with van der Waals surface area (Å²) in [6, 6.07) is 0.0356. The Kier molecular flexibility index (Phi) is 9.28. The van der Waals surface area contributed by atoms with Crippen molar-refractivity contribution in [2.75, 3.05) is 43.4 Å². The summed E-state index contributed by atoms with van der Waals surface area (Å²) in [5.41, 5.74) is 0. The summed E-state index contributed by atoms with van der Waals surface area (Å²) in [4.78, 5) is 9.02. The number of rotatable bonds is 6. The van der Waals surface area contributed by atoms with Crippen LogP contribution in [0.15, 0.2) is 4.99 Å². The lowest BCUT2D eigenvalue weighted by atomic mass is 10.1. The number of hydrogen-bond donors (Lipinski definition) is 2. The fourth-order valence-corrected chi connectivity index (χ4v) is 5.77. The number of guanidine groups is 1. The molecule has 2 aliphatic rings. The van der Waals surface area contributed by atoms with Gasteiger partial charge in [-0.25, -0.2) is 22.4 Å². The zero-order valence-corrected chi connectivity index (χ0v) is 20.4. The Morgan fingerprint density at radius 1 is 1.32 bits per heavy atom. The second-order valence-corrected chi connectivity index (χ2v) is 9.98. The molecular weight excluding hydrogens is 513 g/mol. The molecule has 1 atom stereocenters. The van der Waals surface area contributed by atoms with Crippen LogP contribution in [0, 0.1) is 6.92 Å². The first-order valence-corrected chi connectivity index (χ1v) is 12.3. The van der Waals surface area contributed by atoms with Crippen molar-refractivity contribution in [2.24, 2.45) is 4.99 Å². The maximum atomic E-state index is 12.5. The van der Waals surface area contributed by atoms with Gasteiger partial charge in [-0.2, -0.15) is 16.9 Å². The molecule has 160 valence electrons. The van der Waals surface area contributed by atoms with Crippen LogP contribution in [0.3, 0.4) is 0 Å². The van der Waals surface area contributed by atoms with E-state index in [1.165, 1.54) is 0 Å². The molecule has 2 N–H and O–H groups in total. The van der Waals surface area contributed by atoms with Crippen LogP contribution in [0.4, 0.5) is 0 Å². The molecule has 0 saturated carbocycles. The minimum atomic E-state index is -3.24. The number of fused-ring (bicyclic) bond motifs is 1. The normalized spacial score (nSPS) is 20.9. The number of hydrogen-bond acceptors (Lipinski definition) is 6. The minimum absolute atomic E-state index is 0. The van der Waals surface area contributed by atoms with E-state index in [0.29, 0.717) is 25.6 Å². The van der Waals surface area contributed by atoms with E-state index in [-0.39, 0.29) is 42.3 Å². The van der Waals surface area contributed by atoms with Gasteiger partial charge in [-0.15, -0.1) is 24.0 Å². The number of aryl methyl sites for hydroxylation is 2. The highest BCUT2D eigenvalue weighted by molar-refractivity contribution is 14.0. The Labute approximate surface area is 188 Å². The van der Waals surface area contributed by atoms with E-state index in [0.717, 1.165) is 42.5 Å². The van der Waals surface area contributed by atoms with Gasteiger partial charge in [-0.3, -0.25) is 4.99 Å². The van der Waals surface area contributed by atoms with Gasteiger partial charge in [0, 0.05) is 37.7 Å². The predicted molar refractivity (Wildman–Crippen MR) is 124 cm³/mol.